The molecule has 52 heavy (non-hydrogen) atoms. The SMILES string of the molecule is Cc1ccc(-n2c3ccccc3c3cc(-c4ccc5c(c4)c4ccccc4n5-c4ccccc4-c4ccc5oc6ccccc6c5c4)ccc32)cc1. The molecule has 0 spiro atoms. The number of aromatic nitrogens is 2. The molecule has 0 aliphatic rings. The second kappa shape index (κ2) is 11.1. The van der Waals surface area contributed by atoms with Crippen LogP contribution in [-0.2, 0) is 0 Å². The Morgan fingerprint density at radius 2 is 0.885 bits per heavy atom. The number of hydrogen-bond acceptors (Lipinski definition) is 1. The number of furan rings is 1. The standard InChI is InChI=1S/C49H32N2O/c1-31-18-23-35(24-19-31)50-44-15-7-3-11-37(44)40-28-32(20-25-46(40)50)33-21-26-47-41(29-33)38-12-4-8-16-45(38)51(47)43-14-6-2-10-36(43)34-22-27-49-42(30-34)39-13-5-9-17-48(39)52-49/h2-30H,1H3. The highest BCUT2D eigenvalue weighted by atomic mass is 16.3. The van der Waals surface area contributed by atoms with Gasteiger partial charge in [0.1, 0.15) is 11.2 Å². The average molecular weight is 665 g/mol. The molecule has 3 heteroatoms. The van der Waals surface area contributed by atoms with Crippen molar-refractivity contribution in [1.82, 2.24) is 9.13 Å². The van der Waals surface area contributed by atoms with Crippen LogP contribution in [0.15, 0.2) is 180 Å². The molecule has 0 amide bonds. The van der Waals surface area contributed by atoms with Crippen molar-refractivity contribution >= 4 is 65.6 Å². The maximum absolute atomic E-state index is 6.17. The normalized spacial score (nSPS) is 11.9. The summed E-state index contributed by atoms with van der Waals surface area (Å²) in [7, 11) is 0. The van der Waals surface area contributed by atoms with Crippen molar-refractivity contribution in [2.75, 3.05) is 0 Å². The van der Waals surface area contributed by atoms with E-state index >= 15 is 0 Å². The number of rotatable bonds is 4. The quantitative estimate of drug-likeness (QED) is 0.184. The summed E-state index contributed by atoms with van der Waals surface area (Å²) in [5.74, 6) is 0. The van der Waals surface area contributed by atoms with Gasteiger partial charge < -0.3 is 13.6 Å². The zero-order valence-electron chi connectivity index (χ0n) is 28.5. The zero-order valence-corrected chi connectivity index (χ0v) is 28.5. The highest BCUT2D eigenvalue weighted by molar-refractivity contribution is 6.13. The van der Waals surface area contributed by atoms with E-state index in [1.54, 1.807) is 0 Å². The van der Waals surface area contributed by atoms with Gasteiger partial charge in [0.05, 0.1) is 27.8 Å². The molecule has 0 fully saturated rings. The Labute approximate surface area is 300 Å². The van der Waals surface area contributed by atoms with Crippen molar-refractivity contribution in [3.8, 4) is 33.6 Å². The van der Waals surface area contributed by atoms with Crippen molar-refractivity contribution in [1.29, 1.82) is 0 Å². The number of aryl methyl sites for hydroxylation is 1. The maximum atomic E-state index is 6.17. The second-order valence-electron chi connectivity index (χ2n) is 13.8. The van der Waals surface area contributed by atoms with Gasteiger partial charge in [-0.1, -0.05) is 109 Å². The summed E-state index contributed by atoms with van der Waals surface area (Å²) in [4.78, 5) is 0. The molecule has 0 saturated heterocycles. The summed E-state index contributed by atoms with van der Waals surface area (Å²) < 4.78 is 11.0. The molecule has 0 unspecified atom stereocenters. The lowest BCUT2D eigenvalue weighted by Crippen LogP contribution is -1.97. The second-order valence-corrected chi connectivity index (χ2v) is 13.8. The third kappa shape index (κ3) is 4.26. The number of hydrogen-bond donors (Lipinski definition) is 0. The lowest BCUT2D eigenvalue weighted by Gasteiger charge is -2.14. The van der Waals surface area contributed by atoms with Crippen molar-refractivity contribution < 1.29 is 4.42 Å². The first-order chi connectivity index (χ1) is 25.7. The van der Waals surface area contributed by atoms with Crippen LogP contribution >= 0.6 is 0 Å². The topological polar surface area (TPSA) is 23.0 Å². The van der Waals surface area contributed by atoms with E-state index in [-0.39, 0.29) is 0 Å². The Morgan fingerprint density at radius 3 is 1.62 bits per heavy atom. The summed E-state index contributed by atoms with van der Waals surface area (Å²) in [6, 6.07) is 63.8. The predicted octanol–water partition coefficient (Wildman–Crippen LogP) is 13.4. The summed E-state index contributed by atoms with van der Waals surface area (Å²) >= 11 is 0. The van der Waals surface area contributed by atoms with Crippen LogP contribution in [-0.4, -0.2) is 9.13 Å². The highest BCUT2D eigenvalue weighted by Gasteiger charge is 2.18. The fourth-order valence-corrected chi connectivity index (χ4v) is 8.34. The van der Waals surface area contributed by atoms with Gasteiger partial charge in [-0.2, -0.15) is 0 Å². The average Bonchev–Trinajstić information content (AvgIpc) is 3.85. The van der Waals surface area contributed by atoms with Gasteiger partial charge >= 0.3 is 0 Å². The van der Waals surface area contributed by atoms with Crippen LogP contribution in [0, 0.1) is 6.92 Å². The smallest absolute Gasteiger partial charge is 0.135 e. The predicted molar refractivity (Wildman–Crippen MR) is 218 cm³/mol. The van der Waals surface area contributed by atoms with Crippen LogP contribution in [0.5, 0.6) is 0 Å². The van der Waals surface area contributed by atoms with E-state index in [0.29, 0.717) is 0 Å². The monoisotopic (exact) mass is 664 g/mol. The van der Waals surface area contributed by atoms with E-state index in [2.05, 4.69) is 180 Å². The number of nitrogens with zero attached hydrogens (tertiary/aromatic N) is 2. The molecule has 0 bridgehead atoms. The third-order valence-corrected chi connectivity index (χ3v) is 10.8. The van der Waals surface area contributed by atoms with Gasteiger partial charge in [0, 0.05) is 43.6 Å². The fraction of sp³-hybridized carbons (Fsp3) is 0.0204. The third-order valence-electron chi connectivity index (χ3n) is 10.8. The number of benzene rings is 8. The summed E-state index contributed by atoms with van der Waals surface area (Å²) in [5, 5.41) is 7.26. The summed E-state index contributed by atoms with van der Waals surface area (Å²) in [6.07, 6.45) is 0. The largest absolute Gasteiger partial charge is 0.456 e. The highest BCUT2D eigenvalue weighted by Crippen LogP contribution is 2.41. The van der Waals surface area contributed by atoms with E-state index in [1.165, 1.54) is 71.6 Å². The molecule has 11 aromatic rings. The molecule has 0 saturated carbocycles. The van der Waals surface area contributed by atoms with E-state index < -0.39 is 0 Å². The Balaban J connectivity index is 1.09. The Bertz CT molecular complexity index is 3190. The van der Waals surface area contributed by atoms with Crippen molar-refractivity contribution in [3.63, 3.8) is 0 Å². The molecule has 11 rings (SSSR count). The van der Waals surface area contributed by atoms with Crippen LogP contribution in [0.25, 0.3) is 99.2 Å². The summed E-state index contributed by atoms with van der Waals surface area (Å²) in [5.41, 5.74) is 15.0. The molecule has 244 valence electrons. The lowest BCUT2D eigenvalue weighted by molar-refractivity contribution is 0.669. The molecule has 3 heterocycles. The van der Waals surface area contributed by atoms with Crippen molar-refractivity contribution in [2.24, 2.45) is 0 Å². The van der Waals surface area contributed by atoms with E-state index in [9.17, 15) is 0 Å². The van der Waals surface area contributed by atoms with Gasteiger partial charge in [-0.25, -0.2) is 0 Å². The molecular weight excluding hydrogens is 633 g/mol. The molecule has 0 aliphatic carbocycles. The first-order valence-electron chi connectivity index (χ1n) is 17.8. The first kappa shape index (κ1) is 28.9. The van der Waals surface area contributed by atoms with Crippen molar-refractivity contribution in [2.45, 2.75) is 6.92 Å². The van der Waals surface area contributed by atoms with Gasteiger partial charge in [0.2, 0.25) is 0 Å². The molecule has 0 N–H and O–H groups in total. The Morgan fingerprint density at radius 1 is 0.365 bits per heavy atom. The van der Waals surface area contributed by atoms with E-state index in [1.807, 2.05) is 12.1 Å². The van der Waals surface area contributed by atoms with Crippen LogP contribution in [0.2, 0.25) is 0 Å². The molecule has 3 nitrogen and oxygen atoms in total. The van der Waals surface area contributed by atoms with E-state index in [4.69, 9.17) is 4.42 Å². The zero-order chi connectivity index (χ0) is 34.3. The molecular formula is C49H32N2O. The van der Waals surface area contributed by atoms with Crippen molar-refractivity contribution in [3.05, 3.63) is 181 Å². The minimum Gasteiger partial charge on any atom is -0.456 e. The Kier molecular flexibility index (Phi) is 6.17. The lowest BCUT2D eigenvalue weighted by atomic mass is 10.00. The molecule has 0 atom stereocenters. The van der Waals surface area contributed by atoms with Gasteiger partial charge in [-0.15, -0.1) is 0 Å². The van der Waals surface area contributed by atoms with Crippen LogP contribution in [0.4, 0.5) is 0 Å². The van der Waals surface area contributed by atoms with Crippen LogP contribution in [0.3, 0.4) is 0 Å². The molecule has 0 aliphatic heterocycles. The number of para-hydroxylation sites is 4. The Hall–Kier alpha value is -6.84. The van der Waals surface area contributed by atoms with Gasteiger partial charge in [0.15, 0.2) is 0 Å². The van der Waals surface area contributed by atoms with Gasteiger partial charge in [0.25, 0.3) is 0 Å². The van der Waals surface area contributed by atoms with E-state index in [0.717, 1.165) is 33.2 Å². The fourth-order valence-electron chi connectivity index (χ4n) is 8.34. The van der Waals surface area contributed by atoms with Gasteiger partial charge in [-0.05, 0) is 96.4 Å². The van der Waals surface area contributed by atoms with Crippen LogP contribution in [0.1, 0.15) is 5.56 Å². The maximum Gasteiger partial charge on any atom is 0.135 e. The summed E-state index contributed by atoms with van der Waals surface area (Å²) in [6.45, 7) is 2.14. The minimum atomic E-state index is 0.907. The molecule has 3 aromatic heterocycles. The first-order valence-corrected chi connectivity index (χ1v) is 17.8. The number of fused-ring (bicyclic) bond motifs is 9. The molecule has 0 radical (unpaired) electrons. The molecule has 8 aromatic carbocycles. The van der Waals surface area contributed by atoms with Gasteiger partial charge in [-0.3, -0.25) is 0 Å². The minimum absolute atomic E-state index is 0.907. The van der Waals surface area contributed by atoms with Crippen LogP contribution < -0.4 is 0 Å².